The summed E-state index contributed by atoms with van der Waals surface area (Å²) in [5, 5.41) is 0. The van der Waals surface area contributed by atoms with Gasteiger partial charge in [0.25, 0.3) is 0 Å². The van der Waals surface area contributed by atoms with Crippen LogP contribution >= 0.6 is 0 Å². The van der Waals surface area contributed by atoms with E-state index in [2.05, 4.69) is 19.3 Å². The van der Waals surface area contributed by atoms with Gasteiger partial charge in [-0.15, -0.1) is 6.17 Å². The second kappa shape index (κ2) is 15.7. The molecule has 4 heteroatoms. The fourth-order valence-electron chi connectivity index (χ4n) is 0. The molecule has 0 nitrogen and oxygen atoms in total. The maximum atomic E-state index is 3.74. The van der Waals surface area contributed by atoms with Gasteiger partial charge in [0.2, 0.25) is 0 Å². The molecule has 0 aliphatic rings. The Kier molecular flexibility index (Phi) is 53.2. The van der Waals surface area contributed by atoms with Gasteiger partial charge in [0.15, 0.2) is 0 Å². The zero-order chi connectivity index (χ0) is 3.58. The van der Waals surface area contributed by atoms with Gasteiger partial charge >= 0.3 is 21.7 Å². The van der Waals surface area contributed by atoms with Gasteiger partial charge in [-0.1, -0.05) is 13.1 Å². The SMILES string of the molecule is C=[Si](C)C.[Cl-].[Cl-].[Ti+2]. The molecule has 0 radical (unpaired) electrons. The maximum absolute atomic E-state index is 3.74. The van der Waals surface area contributed by atoms with Gasteiger partial charge < -0.3 is 24.8 Å². The Balaban J connectivity index is -0.0000000150. The molecule has 0 bridgehead atoms. The van der Waals surface area contributed by atoms with Gasteiger partial charge in [-0.25, -0.2) is 0 Å². The Labute approximate surface area is 74.0 Å². The van der Waals surface area contributed by atoms with Crippen molar-refractivity contribution in [1.82, 2.24) is 0 Å². The van der Waals surface area contributed by atoms with E-state index in [0.717, 1.165) is 0 Å². The molecule has 0 saturated carbocycles. The van der Waals surface area contributed by atoms with Crippen molar-refractivity contribution in [2.45, 2.75) is 13.1 Å². The molecule has 0 amide bonds. The first-order valence-corrected chi connectivity index (χ1v) is 4.06. The molecular formula is C3H8Cl2SiTi. The zero-order valence-electron chi connectivity index (χ0n) is 4.46. The molecule has 0 saturated heterocycles. The fraction of sp³-hybridized carbons (Fsp3) is 0.667. The predicted octanol–water partition coefficient (Wildman–Crippen LogP) is -5.24. The quantitative estimate of drug-likeness (QED) is 0.335. The van der Waals surface area contributed by atoms with E-state index >= 15 is 0 Å². The summed E-state index contributed by atoms with van der Waals surface area (Å²) in [6.45, 7) is 4.31. The minimum atomic E-state index is -0.130. The van der Waals surface area contributed by atoms with Crippen molar-refractivity contribution in [2.24, 2.45) is 0 Å². The largest absolute Gasteiger partial charge is 2.00 e. The van der Waals surface area contributed by atoms with E-state index in [1.807, 2.05) is 0 Å². The van der Waals surface area contributed by atoms with Crippen LogP contribution in [0.2, 0.25) is 13.1 Å². The number of hydrogen-bond acceptors (Lipinski definition) is 0. The van der Waals surface area contributed by atoms with E-state index in [0.29, 0.717) is 0 Å². The van der Waals surface area contributed by atoms with Crippen LogP contribution in [0.3, 0.4) is 0 Å². The van der Waals surface area contributed by atoms with Crippen molar-refractivity contribution in [3.63, 3.8) is 0 Å². The average molecular weight is 191 g/mol. The average Bonchev–Trinajstić information content (AvgIpc) is 0.811. The van der Waals surface area contributed by atoms with Crippen LogP contribution in [0.15, 0.2) is 0 Å². The molecule has 0 aromatic rings. The minimum absolute atomic E-state index is 0. The molecule has 0 aromatic carbocycles. The Bertz CT molecular complexity index is 35.9. The Morgan fingerprint density at radius 1 is 1.14 bits per heavy atom. The van der Waals surface area contributed by atoms with E-state index < -0.39 is 0 Å². The molecule has 0 spiro atoms. The van der Waals surface area contributed by atoms with Gasteiger partial charge in [-0.3, -0.25) is 0 Å². The van der Waals surface area contributed by atoms with Gasteiger partial charge in [0.05, 0.1) is 0 Å². The van der Waals surface area contributed by atoms with Crippen LogP contribution in [-0.2, 0) is 21.7 Å². The van der Waals surface area contributed by atoms with E-state index in [1.165, 1.54) is 0 Å². The van der Waals surface area contributed by atoms with Crippen LogP contribution in [0.1, 0.15) is 0 Å². The first-order valence-electron chi connectivity index (χ1n) is 1.35. The number of rotatable bonds is 0. The monoisotopic (exact) mass is 190 g/mol. The molecule has 0 N–H and O–H groups in total. The molecular weight excluding hydrogens is 183 g/mol. The molecule has 42 valence electrons. The van der Waals surface area contributed by atoms with Crippen LogP contribution in [0, 0.1) is 0 Å². The molecule has 0 rings (SSSR count). The van der Waals surface area contributed by atoms with Gasteiger partial charge in [-0.05, 0) is 8.41 Å². The van der Waals surface area contributed by atoms with Crippen LogP contribution in [0.25, 0.3) is 0 Å². The fourth-order valence-corrected chi connectivity index (χ4v) is 0. The second-order valence-corrected chi connectivity index (χ2v) is 3.62. The number of halogens is 2. The van der Waals surface area contributed by atoms with Crippen molar-refractivity contribution in [2.75, 3.05) is 0 Å². The molecule has 0 aromatic heterocycles. The third-order valence-electron chi connectivity index (χ3n) is 0. The normalized spacial score (nSPS) is 3.71. The van der Waals surface area contributed by atoms with Crippen LogP contribution in [0.5, 0.6) is 0 Å². The van der Waals surface area contributed by atoms with Gasteiger partial charge in [0, 0.05) is 0 Å². The van der Waals surface area contributed by atoms with Crippen molar-refractivity contribution in [1.29, 1.82) is 0 Å². The second-order valence-electron chi connectivity index (χ2n) is 1.21. The minimum Gasteiger partial charge on any atom is -1.00 e. The Morgan fingerprint density at radius 3 is 1.14 bits per heavy atom. The summed E-state index contributed by atoms with van der Waals surface area (Å²) in [6, 6.07) is 0. The molecule has 7 heavy (non-hydrogen) atoms. The van der Waals surface area contributed by atoms with E-state index in [9.17, 15) is 0 Å². The Hall–Kier alpha value is 1.38. The van der Waals surface area contributed by atoms with Crippen LogP contribution in [-0.4, -0.2) is 14.6 Å². The summed E-state index contributed by atoms with van der Waals surface area (Å²) in [6.07, 6.45) is 3.74. The first-order chi connectivity index (χ1) is 1.73. The molecule has 0 aliphatic carbocycles. The molecule has 0 unspecified atom stereocenters. The van der Waals surface area contributed by atoms with Crippen molar-refractivity contribution in [3.8, 4) is 0 Å². The van der Waals surface area contributed by atoms with Crippen molar-refractivity contribution < 1.29 is 46.5 Å². The third kappa shape index (κ3) is 112. The maximum Gasteiger partial charge on any atom is 2.00 e. The standard InChI is InChI=1S/C3H8Si.2ClH.Ti/c1-4(2)3;;;/h1H2,2-3H3;2*1H;/q;;;+2/p-2. The number of hydrogen-bond donors (Lipinski definition) is 0. The molecule has 0 fully saturated rings. The summed E-state index contributed by atoms with van der Waals surface area (Å²) in [7, 11) is -0.130. The van der Waals surface area contributed by atoms with E-state index in [4.69, 9.17) is 0 Å². The topological polar surface area (TPSA) is 0 Å². The van der Waals surface area contributed by atoms with Gasteiger partial charge in [-0.2, -0.15) is 0 Å². The summed E-state index contributed by atoms with van der Waals surface area (Å²) < 4.78 is 0. The smallest absolute Gasteiger partial charge is 1.00 e. The molecule has 0 atom stereocenters. The van der Waals surface area contributed by atoms with Crippen LogP contribution < -0.4 is 24.8 Å². The van der Waals surface area contributed by atoms with Crippen molar-refractivity contribution in [3.05, 3.63) is 0 Å². The summed E-state index contributed by atoms with van der Waals surface area (Å²) >= 11 is 0. The summed E-state index contributed by atoms with van der Waals surface area (Å²) in [4.78, 5) is 0. The van der Waals surface area contributed by atoms with Gasteiger partial charge in [0.1, 0.15) is 0 Å². The Morgan fingerprint density at radius 2 is 1.14 bits per heavy atom. The molecule has 0 heterocycles. The van der Waals surface area contributed by atoms with E-state index in [1.54, 1.807) is 0 Å². The predicted molar refractivity (Wildman–Crippen MR) is 24.6 cm³/mol. The van der Waals surface area contributed by atoms with Crippen molar-refractivity contribution >= 4 is 14.6 Å². The van der Waals surface area contributed by atoms with Crippen LogP contribution in [0.4, 0.5) is 0 Å². The summed E-state index contributed by atoms with van der Waals surface area (Å²) in [5.41, 5.74) is 0. The first kappa shape index (κ1) is 23.8. The summed E-state index contributed by atoms with van der Waals surface area (Å²) in [5.74, 6) is 0. The van der Waals surface area contributed by atoms with E-state index in [-0.39, 0.29) is 54.9 Å². The third-order valence-corrected chi connectivity index (χ3v) is 0. The molecule has 0 aliphatic heterocycles. The zero-order valence-corrected chi connectivity index (χ0v) is 8.54.